The van der Waals surface area contributed by atoms with Gasteiger partial charge in [0.1, 0.15) is 12.8 Å². The standard InChI is InChI=1S/C26H39FN2O/c1-4-6-7-8-9-10-11-22-13-15-23(16-14-22)26-28-18-25(19-29-26)30-20-24(27)17-12-21(3)5-2/h13-16,18-19,21,24H,4-12,17,20H2,1-3H3. The summed E-state index contributed by atoms with van der Waals surface area (Å²) in [6.07, 6.45) is 13.9. The molecular weight excluding hydrogens is 375 g/mol. The van der Waals surface area contributed by atoms with E-state index in [4.69, 9.17) is 4.74 Å². The number of benzene rings is 1. The van der Waals surface area contributed by atoms with E-state index >= 15 is 0 Å². The Hall–Kier alpha value is -1.97. The maximum atomic E-state index is 14.0. The summed E-state index contributed by atoms with van der Waals surface area (Å²) in [7, 11) is 0. The summed E-state index contributed by atoms with van der Waals surface area (Å²) in [5.41, 5.74) is 2.35. The Bertz CT molecular complexity index is 687. The molecule has 1 aromatic carbocycles. The van der Waals surface area contributed by atoms with Gasteiger partial charge in [-0.05, 0) is 37.2 Å². The van der Waals surface area contributed by atoms with Gasteiger partial charge < -0.3 is 4.74 Å². The van der Waals surface area contributed by atoms with Crippen LogP contribution in [0.1, 0.15) is 84.1 Å². The lowest BCUT2D eigenvalue weighted by Crippen LogP contribution is -2.14. The minimum absolute atomic E-state index is 0.0618. The fourth-order valence-corrected chi connectivity index (χ4v) is 3.41. The van der Waals surface area contributed by atoms with E-state index in [2.05, 4.69) is 55.0 Å². The first-order valence-electron chi connectivity index (χ1n) is 11.8. The van der Waals surface area contributed by atoms with E-state index in [1.54, 1.807) is 12.4 Å². The number of ether oxygens (including phenoxy) is 1. The van der Waals surface area contributed by atoms with Gasteiger partial charge in [-0.3, -0.25) is 0 Å². The van der Waals surface area contributed by atoms with Crippen molar-refractivity contribution in [1.82, 2.24) is 9.97 Å². The highest BCUT2D eigenvalue weighted by molar-refractivity contribution is 5.55. The minimum atomic E-state index is -0.946. The quantitative estimate of drug-likeness (QED) is 0.282. The molecule has 0 spiro atoms. The average Bonchev–Trinajstić information content (AvgIpc) is 2.79. The van der Waals surface area contributed by atoms with Gasteiger partial charge in [0.25, 0.3) is 0 Å². The van der Waals surface area contributed by atoms with Crippen LogP contribution in [-0.4, -0.2) is 22.7 Å². The fourth-order valence-electron chi connectivity index (χ4n) is 3.41. The van der Waals surface area contributed by atoms with Gasteiger partial charge in [-0.25, -0.2) is 14.4 Å². The van der Waals surface area contributed by atoms with Crippen LogP contribution in [0.15, 0.2) is 36.7 Å². The van der Waals surface area contributed by atoms with Gasteiger partial charge in [0.2, 0.25) is 0 Å². The zero-order valence-electron chi connectivity index (χ0n) is 19.1. The van der Waals surface area contributed by atoms with Crippen molar-refractivity contribution in [3.63, 3.8) is 0 Å². The molecule has 0 aliphatic heterocycles. The summed E-state index contributed by atoms with van der Waals surface area (Å²) in [6.45, 7) is 6.60. The molecule has 0 aliphatic rings. The van der Waals surface area contributed by atoms with E-state index in [0.717, 1.165) is 24.8 Å². The lowest BCUT2D eigenvalue weighted by Gasteiger charge is -2.12. The van der Waals surface area contributed by atoms with Gasteiger partial charge in [-0.2, -0.15) is 0 Å². The van der Waals surface area contributed by atoms with Crippen LogP contribution in [0.5, 0.6) is 5.75 Å². The Balaban J connectivity index is 1.74. The predicted molar refractivity (Wildman–Crippen MR) is 124 cm³/mol. The molecule has 0 bridgehead atoms. The molecule has 30 heavy (non-hydrogen) atoms. The third-order valence-electron chi connectivity index (χ3n) is 5.76. The number of nitrogens with zero attached hydrogens (tertiary/aromatic N) is 2. The number of alkyl halides is 1. The van der Waals surface area contributed by atoms with E-state index in [1.165, 1.54) is 44.1 Å². The van der Waals surface area contributed by atoms with Crippen LogP contribution < -0.4 is 4.74 Å². The largest absolute Gasteiger partial charge is 0.487 e. The van der Waals surface area contributed by atoms with Crippen molar-refractivity contribution in [3.8, 4) is 17.1 Å². The Morgan fingerprint density at radius 3 is 2.23 bits per heavy atom. The van der Waals surface area contributed by atoms with E-state index in [-0.39, 0.29) is 6.61 Å². The predicted octanol–water partition coefficient (Wildman–Crippen LogP) is 7.59. The summed E-state index contributed by atoms with van der Waals surface area (Å²) in [4.78, 5) is 8.78. The Kier molecular flexibility index (Phi) is 11.4. The molecule has 2 unspecified atom stereocenters. The average molecular weight is 415 g/mol. The van der Waals surface area contributed by atoms with Gasteiger partial charge in [0.15, 0.2) is 11.6 Å². The van der Waals surface area contributed by atoms with Crippen molar-refractivity contribution in [2.45, 2.75) is 91.2 Å². The van der Waals surface area contributed by atoms with Crippen molar-refractivity contribution in [2.75, 3.05) is 6.61 Å². The molecule has 2 atom stereocenters. The number of unbranched alkanes of at least 4 members (excludes halogenated alkanes) is 5. The molecular formula is C26H39FN2O. The molecule has 0 fully saturated rings. The number of hydrogen-bond acceptors (Lipinski definition) is 3. The maximum Gasteiger partial charge on any atom is 0.159 e. The number of hydrogen-bond donors (Lipinski definition) is 0. The van der Waals surface area contributed by atoms with Crippen molar-refractivity contribution in [2.24, 2.45) is 5.92 Å². The Morgan fingerprint density at radius 2 is 1.57 bits per heavy atom. The minimum Gasteiger partial charge on any atom is -0.487 e. The molecule has 0 aliphatic carbocycles. The number of aryl methyl sites for hydroxylation is 1. The molecule has 166 valence electrons. The molecule has 2 aromatic rings. The van der Waals surface area contributed by atoms with Gasteiger partial charge in [0, 0.05) is 5.56 Å². The summed E-state index contributed by atoms with van der Waals surface area (Å²) in [6, 6.07) is 8.49. The van der Waals surface area contributed by atoms with Gasteiger partial charge in [-0.15, -0.1) is 0 Å². The van der Waals surface area contributed by atoms with Crippen LogP contribution in [0.25, 0.3) is 11.4 Å². The molecule has 2 rings (SSSR count). The van der Waals surface area contributed by atoms with Gasteiger partial charge in [-0.1, -0.05) is 83.6 Å². The number of rotatable bonds is 15. The first kappa shape index (κ1) is 24.3. The van der Waals surface area contributed by atoms with Gasteiger partial charge in [0.05, 0.1) is 12.4 Å². The van der Waals surface area contributed by atoms with E-state index < -0.39 is 6.17 Å². The molecule has 3 nitrogen and oxygen atoms in total. The summed E-state index contributed by atoms with van der Waals surface area (Å²) >= 11 is 0. The van der Waals surface area contributed by atoms with E-state index in [9.17, 15) is 4.39 Å². The smallest absolute Gasteiger partial charge is 0.159 e. The molecule has 4 heteroatoms. The molecule has 0 N–H and O–H groups in total. The van der Waals surface area contributed by atoms with Crippen molar-refractivity contribution >= 4 is 0 Å². The lowest BCUT2D eigenvalue weighted by atomic mass is 10.0. The first-order valence-corrected chi connectivity index (χ1v) is 11.8. The maximum absolute atomic E-state index is 14.0. The van der Waals surface area contributed by atoms with Crippen LogP contribution in [0, 0.1) is 5.92 Å². The van der Waals surface area contributed by atoms with Crippen LogP contribution >= 0.6 is 0 Å². The fraction of sp³-hybridized carbons (Fsp3) is 0.615. The van der Waals surface area contributed by atoms with Crippen LogP contribution in [-0.2, 0) is 6.42 Å². The van der Waals surface area contributed by atoms with E-state index in [1.807, 2.05) is 0 Å². The van der Waals surface area contributed by atoms with E-state index in [0.29, 0.717) is 23.9 Å². The van der Waals surface area contributed by atoms with Crippen LogP contribution in [0.2, 0.25) is 0 Å². The SMILES string of the molecule is CCCCCCCCc1ccc(-c2ncc(OCC(F)CCC(C)CC)cn2)cc1. The second-order valence-corrected chi connectivity index (χ2v) is 8.46. The van der Waals surface area contributed by atoms with Crippen LogP contribution in [0.3, 0.4) is 0 Å². The molecule has 0 radical (unpaired) electrons. The first-order chi connectivity index (χ1) is 14.6. The summed E-state index contributed by atoms with van der Waals surface area (Å²) in [5.74, 6) is 1.75. The third kappa shape index (κ3) is 9.23. The Labute approximate surface area is 182 Å². The Morgan fingerprint density at radius 1 is 0.900 bits per heavy atom. The number of aromatic nitrogens is 2. The van der Waals surface area contributed by atoms with Crippen molar-refractivity contribution < 1.29 is 9.13 Å². The molecule has 1 aromatic heterocycles. The van der Waals surface area contributed by atoms with Crippen molar-refractivity contribution in [1.29, 1.82) is 0 Å². The lowest BCUT2D eigenvalue weighted by molar-refractivity contribution is 0.178. The van der Waals surface area contributed by atoms with Crippen molar-refractivity contribution in [3.05, 3.63) is 42.2 Å². The topological polar surface area (TPSA) is 35.0 Å². The molecule has 0 saturated heterocycles. The van der Waals surface area contributed by atoms with Gasteiger partial charge >= 0.3 is 0 Å². The molecule has 0 saturated carbocycles. The normalized spacial score (nSPS) is 13.2. The van der Waals surface area contributed by atoms with Crippen LogP contribution in [0.4, 0.5) is 4.39 Å². The monoisotopic (exact) mass is 414 g/mol. The number of halogens is 1. The zero-order chi connectivity index (χ0) is 21.6. The highest BCUT2D eigenvalue weighted by Crippen LogP contribution is 2.19. The second-order valence-electron chi connectivity index (χ2n) is 8.46. The molecule has 1 heterocycles. The zero-order valence-corrected chi connectivity index (χ0v) is 19.1. The third-order valence-corrected chi connectivity index (χ3v) is 5.76. The second kappa shape index (κ2) is 14.1. The summed E-state index contributed by atoms with van der Waals surface area (Å²) < 4.78 is 19.5. The summed E-state index contributed by atoms with van der Waals surface area (Å²) in [5, 5.41) is 0. The highest BCUT2D eigenvalue weighted by Gasteiger charge is 2.10. The molecule has 0 amide bonds. The highest BCUT2D eigenvalue weighted by atomic mass is 19.1.